The molecule has 2 aliphatic rings. The highest BCUT2D eigenvalue weighted by molar-refractivity contribution is 6.51. The van der Waals surface area contributed by atoms with Crippen molar-refractivity contribution in [3.8, 4) is 17.2 Å². The second-order valence-corrected chi connectivity index (χ2v) is 10.6. The number of aryl methyl sites for hydroxylation is 1. The molecule has 0 spiro atoms. The molecule has 7 rings (SSSR count). The second-order valence-electron chi connectivity index (χ2n) is 10.2. The van der Waals surface area contributed by atoms with Gasteiger partial charge < -0.3 is 19.7 Å². The highest BCUT2D eigenvalue weighted by atomic mass is 35.5. The number of benzene rings is 4. The number of nitrogens with one attached hydrogen (secondary N) is 1. The molecule has 0 saturated heterocycles. The van der Waals surface area contributed by atoms with Gasteiger partial charge in [-0.15, -0.1) is 0 Å². The largest absolute Gasteiger partial charge is 0.495 e. The van der Waals surface area contributed by atoms with Gasteiger partial charge in [0.15, 0.2) is 17.5 Å². The number of ether oxygens (including phenoxy) is 2. The van der Waals surface area contributed by atoms with Crippen molar-refractivity contribution in [1.29, 1.82) is 0 Å². The zero-order chi connectivity index (χ0) is 29.5. The molecule has 0 amide bonds. The Balaban J connectivity index is 1.45. The number of hydrogen-bond donors (Lipinski definition) is 1. The first kappa shape index (κ1) is 26.8. The van der Waals surface area contributed by atoms with Gasteiger partial charge in [0, 0.05) is 11.3 Å². The lowest BCUT2D eigenvalue weighted by Crippen LogP contribution is -2.46. The lowest BCUT2D eigenvalue weighted by atomic mass is 9.93. The standard InChI is InChI=1S/C34H29ClN6O2/c1-4-43-25-17-14-22(15-18-25)31-30-21(2)39-41(24-10-6-5-7-11-24)33(30)38-34-32(36-23-16-19-29(42-3)26(35)20-23)37-27-12-8-9-13-28(27)40(31)34/h5-20,31H,4H2,1-3H3,(H,36,37)/t31-/m1/s1. The van der Waals surface area contributed by atoms with E-state index in [1.54, 1.807) is 7.11 Å². The summed E-state index contributed by atoms with van der Waals surface area (Å²) in [4.78, 5) is 12.6. The number of rotatable bonds is 6. The molecule has 0 bridgehead atoms. The van der Waals surface area contributed by atoms with Crippen molar-refractivity contribution >= 4 is 46.2 Å². The molecule has 3 heterocycles. The second kappa shape index (κ2) is 11.0. The third-order valence-electron chi connectivity index (χ3n) is 7.56. The summed E-state index contributed by atoms with van der Waals surface area (Å²) in [5, 5.41) is 9.00. The molecule has 43 heavy (non-hydrogen) atoms. The van der Waals surface area contributed by atoms with Crippen LogP contribution in [-0.4, -0.2) is 35.2 Å². The fourth-order valence-corrected chi connectivity index (χ4v) is 5.91. The Hall–Kier alpha value is -5.08. The van der Waals surface area contributed by atoms with E-state index < -0.39 is 0 Å². The van der Waals surface area contributed by atoms with Gasteiger partial charge in [0.25, 0.3) is 0 Å². The molecule has 9 heteroatoms. The van der Waals surface area contributed by atoms with Crippen LogP contribution in [0.2, 0.25) is 5.02 Å². The molecule has 0 radical (unpaired) electrons. The highest BCUT2D eigenvalue weighted by Gasteiger charge is 2.41. The Morgan fingerprint density at radius 1 is 0.907 bits per heavy atom. The molecule has 1 aromatic heterocycles. The number of aromatic nitrogens is 2. The first-order valence-corrected chi connectivity index (χ1v) is 14.5. The molecule has 0 saturated carbocycles. The average molecular weight is 589 g/mol. The first-order valence-electron chi connectivity index (χ1n) is 14.1. The minimum absolute atomic E-state index is 0.233. The average Bonchev–Trinajstić information content (AvgIpc) is 3.37. The van der Waals surface area contributed by atoms with Crippen molar-refractivity contribution in [3.05, 3.63) is 119 Å². The number of hydrogen-bond acceptors (Lipinski definition) is 7. The van der Waals surface area contributed by atoms with Crippen LogP contribution in [0.25, 0.3) is 5.69 Å². The van der Waals surface area contributed by atoms with Crippen LogP contribution in [-0.2, 0) is 0 Å². The number of halogens is 1. The van der Waals surface area contributed by atoms with Gasteiger partial charge in [-0.25, -0.2) is 14.7 Å². The van der Waals surface area contributed by atoms with Crippen molar-refractivity contribution in [2.75, 3.05) is 23.9 Å². The molecule has 0 unspecified atom stereocenters. The number of methoxy groups -OCH3 is 1. The van der Waals surface area contributed by atoms with Crippen LogP contribution in [0.4, 0.5) is 22.9 Å². The first-order chi connectivity index (χ1) is 21.1. The summed E-state index contributed by atoms with van der Waals surface area (Å²) in [5.74, 6) is 3.46. The van der Waals surface area contributed by atoms with Gasteiger partial charge >= 0.3 is 0 Å². The van der Waals surface area contributed by atoms with Gasteiger partial charge in [0.2, 0.25) is 0 Å². The summed E-state index contributed by atoms with van der Waals surface area (Å²) in [7, 11) is 1.60. The van der Waals surface area contributed by atoms with Crippen molar-refractivity contribution in [3.63, 3.8) is 0 Å². The topological polar surface area (TPSA) is 76.3 Å². The van der Waals surface area contributed by atoms with E-state index in [0.717, 1.165) is 51.1 Å². The summed E-state index contributed by atoms with van der Waals surface area (Å²) in [6.45, 7) is 4.63. The number of anilines is 2. The number of nitrogens with zero attached hydrogens (tertiary/aromatic N) is 5. The predicted molar refractivity (Wildman–Crippen MR) is 172 cm³/mol. The van der Waals surface area contributed by atoms with Gasteiger partial charge in [-0.2, -0.15) is 5.10 Å². The number of fused-ring (bicyclic) bond motifs is 4. The van der Waals surface area contributed by atoms with Crippen LogP contribution in [0.3, 0.4) is 0 Å². The summed E-state index contributed by atoms with van der Waals surface area (Å²) in [6, 6.07) is 31.8. The van der Waals surface area contributed by atoms with Crippen molar-refractivity contribution in [2.24, 2.45) is 9.98 Å². The van der Waals surface area contributed by atoms with Crippen molar-refractivity contribution in [1.82, 2.24) is 9.78 Å². The van der Waals surface area contributed by atoms with Crippen LogP contribution in [0.1, 0.15) is 29.8 Å². The van der Waals surface area contributed by atoms with Gasteiger partial charge in [0.05, 0.1) is 47.5 Å². The lowest BCUT2D eigenvalue weighted by molar-refractivity contribution is 0.340. The molecule has 0 aliphatic carbocycles. The molecule has 0 fully saturated rings. The third-order valence-corrected chi connectivity index (χ3v) is 7.86. The maximum atomic E-state index is 6.50. The monoisotopic (exact) mass is 588 g/mol. The molecule has 8 nitrogen and oxygen atoms in total. The molecular weight excluding hydrogens is 560 g/mol. The molecule has 214 valence electrons. The fourth-order valence-electron chi connectivity index (χ4n) is 5.66. The van der Waals surface area contributed by atoms with Gasteiger partial charge in [-0.05, 0) is 74.0 Å². The normalized spacial score (nSPS) is 15.1. The fraction of sp³-hybridized carbons (Fsp3) is 0.147. The Morgan fingerprint density at radius 2 is 1.67 bits per heavy atom. The number of amidine groups is 2. The molecule has 1 N–H and O–H groups in total. The number of para-hydroxylation sites is 3. The Bertz CT molecular complexity index is 1880. The van der Waals surface area contributed by atoms with Gasteiger partial charge in [-0.3, -0.25) is 0 Å². The van der Waals surface area contributed by atoms with E-state index in [0.29, 0.717) is 29.1 Å². The van der Waals surface area contributed by atoms with Crippen LogP contribution >= 0.6 is 11.6 Å². The maximum Gasteiger partial charge on any atom is 0.179 e. The van der Waals surface area contributed by atoms with E-state index in [1.807, 2.05) is 97.4 Å². The zero-order valence-corrected chi connectivity index (χ0v) is 24.7. The summed E-state index contributed by atoms with van der Waals surface area (Å²) in [5.41, 5.74) is 6.49. The predicted octanol–water partition coefficient (Wildman–Crippen LogP) is 8.04. The maximum absolute atomic E-state index is 6.50. The van der Waals surface area contributed by atoms with Crippen LogP contribution in [0.15, 0.2) is 107 Å². The zero-order valence-electron chi connectivity index (χ0n) is 24.0. The van der Waals surface area contributed by atoms with E-state index in [9.17, 15) is 0 Å². The van der Waals surface area contributed by atoms with E-state index in [4.69, 9.17) is 36.2 Å². The number of aliphatic imine (C=N–C) groups is 2. The van der Waals surface area contributed by atoms with Gasteiger partial charge in [-0.1, -0.05) is 54.1 Å². The SMILES string of the molecule is CCOc1ccc([C@@H]2c3c(C)nn(-c4ccccc4)c3N=C3C(Nc4ccc(OC)c(Cl)c4)=Nc4ccccc4N32)cc1. The van der Waals surface area contributed by atoms with E-state index in [-0.39, 0.29) is 6.04 Å². The Morgan fingerprint density at radius 3 is 2.42 bits per heavy atom. The van der Waals surface area contributed by atoms with Gasteiger partial charge in [0.1, 0.15) is 11.5 Å². The smallest absolute Gasteiger partial charge is 0.179 e. The van der Waals surface area contributed by atoms with E-state index in [2.05, 4.69) is 28.4 Å². The Labute approximate surface area is 254 Å². The summed E-state index contributed by atoms with van der Waals surface area (Å²) < 4.78 is 13.1. The highest BCUT2D eigenvalue weighted by Crippen LogP contribution is 2.48. The third kappa shape index (κ3) is 4.70. The minimum Gasteiger partial charge on any atom is -0.495 e. The molecular formula is C34H29ClN6O2. The molecule has 1 atom stereocenters. The van der Waals surface area contributed by atoms with E-state index in [1.165, 1.54) is 0 Å². The van der Waals surface area contributed by atoms with Crippen molar-refractivity contribution in [2.45, 2.75) is 19.9 Å². The van der Waals surface area contributed by atoms with Crippen LogP contribution < -0.4 is 19.7 Å². The summed E-state index contributed by atoms with van der Waals surface area (Å²) in [6.07, 6.45) is 0. The van der Waals surface area contributed by atoms with Crippen LogP contribution in [0.5, 0.6) is 11.5 Å². The van der Waals surface area contributed by atoms with E-state index >= 15 is 0 Å². The molecule has 5 aromatic rings. The quantitative estimate of drug-likeness (QED) is 0.217. The Kier molecular flexibility index (Phi) is 6.83. The lowest BCUT2D eigenvalue weighted by Gasteiger charge is -2.40. The van der Waals surface area contributed by atoms with Crippen LogP contribution in [0, 0.1) is 6.92 Å². The summed E-state index contributed by atoms with van der Waals surface area (Å²) >= 11 is 6.50. The van der Waals surface area contributed by atoms with Crippen molar-refractivity contribution < 1.29 is 9.47 Å². The molecule has 4 aromatic carbocycles. The molecule has 2 aliphatic heterocycles. The minimum atomic E-state index is -0.233.